The molecule has 0 fully saturated rings. The fourth-order valence-electron chi connectivity index (χ4n) is 1.40. The molecule has 4 nitrogen and oxygen atoms in total. The van der Waals surface area contributed by atoms with E-state index in [2.05, 4.69) is 10.3 Å². The van der Waals surface area contributed by atoms with E-state index in [1.54, 1.807) is 0 Å². The van der Waals surface area contributed by atoms with Gasteiger partial charge in [0.15, 0.2) is 0 Å². The molecule has 0 aliphatic carbocycles. The number of carbonyl (C=O) groups is 1. The summed E-state index contributed by atoms with van der Waals surface area (Å²) in [6.45, 7) is 5.31. The fourth-order valence-corrected chi connectivity index (χ4v) is 1.67. The first-order chi connectivity index (χ1) is 9.00. The number of unbranched alkanes of at least 4 members (excludes halogenated alkanes) is 1. The summed E-state index contributed by atoms with van der Waals surface area (Å²) >= 11 is 11.5. The molecule has 0 atom stereocenters. The van der Waals surface area contributed by atoms with Gasteiger partial charge in [0.25, 0.3) is 5.91 Å². The van der Waals surface area contributed by atoms with Crippen LogP contribution in [-0.4, -0.2) is 30.1 Å². The van der Waals surface area contributed by atoms with Gasteiger partial charge in [-0.3, -0.25) is 4.79 Å². The monoisotopic (exact) mass is 304 g/mol. The highest BCUT2D eigenvalue weighted by Crippen LogP contribution is 2.19. The van der Waals surface area contributed by atoms with Gasteiger partial charge in [-0.1, -0.05) is 23.2 Å². The van der Waals surface area contributed by atoms with E-state index >= 15 is 0 Å². The molecular formula is C13H18Cl2N2O2. The van der Waals surface area contributed by atoms with Gasteiger partial charge in [0, 0.05) is 19.3 Å². The Labute approximate surface area is 123 Å². The van der Waals surface area contributed by atoms with Gasteiger partial charge in [-0.15, -0.1) is 0 Å². The summed E-state index contributed by atoms with van der Waals surface area (Å²) in [4.78, 5) is 15.6. The van der Waals surface area contributed by atoms with Gasteiger partial charge in [-0.25, -0.2) is 4.98 Å². The van der Waals surface area contributed by atoms with Crippen molar-refractivity contribution in [3.63, 3.8) is 0 Å². The second kappa shape index (κ2) is 8.35. The van der Waals surface area contributed by atoms with Crippen LogP contribution in [0.5, 0.6) is 0 Å². The van der Waals surface area contributed by atoms with Gasteiger partial charge in [0.1, 0.15) is 5.15 Å². The maximum absolute atomic E-state index is 11.8. The molecule has 1 aromatic rings. The van der Waals surface area contributed by atoms with Crippen LogP contribution in [0.3, 0.4) is 0 Å². The quantitative estimate of drug-likeness (QED) is 0.621. The Balaban J connectivity index is 2.26. The maximum atomic E-state index is 11.8. The highest BCUT2D eigenvalue weighted by molar-refractivity contribution is 6.41. The number of hydrogen-bond acceptors (Lipinski definition) is 3. The molecule has 0 aromatic carbocycles. The lowest BCUT2D eigenvalue weighted by Gasteiger charge is -2.08. The summed E-state index contributed by atoms with van der Waals surface area (Å²) in [5.74, 6) is -0.198. The Morgan fingerprint density at radius 3 is 2.79 bits per heavy atom. The van der Waals surface area contributed by atoms with Crippen LogP contribution in [0.4, 0.5) is 0 Å². The number of carbonyl (C=O) groups excluding carboxylic acids is 1. The summed E-state index contributed by atoms with van der Waals surface area (Å²) in [5.41, 5.74) is 0.410. The molecule has 0 saturated carbocycles. The average molecular weight is 305 g/mol. The zero-order valence-electron chi connectivity index (χ0n) is 11.1. The summed E-state index contributed by atoms with van der Waals surface area (Å²) < 4.78 is 5.41. The van der Waals surface area contributed by atoms with Gasteiger partial charge in [0.05, 0.1) is 16.7 Å². The zero-order valence-corrected chi connectivity index (χ0v) is 12.6. The molecule has 0 unspecified atom stereocenters. The molecule has 0 saturated heterocycles. The Morgan fingerprint density at radius 2 is 2.16 bits per heavy atom. The minimum atomic E-state index is -0.198. The third kappa shape index (κ3) is 6.23. The molecule has 1 N–H and O–H groups in total. The molecule has 0 bridgehead atoms. The first-order valence-electron chi connectivity index (χ1n) is 6.21. The molecule has 1 aromatic heterocycles. The summed E-state index contributed by atoms with van der Waals surface area (Å²) in [6, 6.07) is 1.51. The molecule has 0 aliphatic heterocycles. The Kier molecular flexibility index (Phi) is 7.13. The van der Waals surface area contributed by atoms with E-state index in [-0.39, 0.29) is 22.2 Å². The number of pyridine rings is 1. The topological polar surface area (TPSA) is 51.2 Å². The van der Waals surface area contributed by atoms with Crippen LogP contribution >= 0.6 is 23.2 Å². The molecule has 0 radical (unpaired) electrons. The molecule has 1 heterocycles. The molecule has 0 aliphatic rings. The smallest absolute Gasteiger partial charge is 0.252 e. The second-order valence-electron chi connectivity index (χ2n) is 4.38. The van der Waals surface area contributed by atoms with Gasteiger partial charge in [-0.2, -0.15) is 0 Å². The number of aromatic nitrogens is 1. The lowest BCUT2D eigenvalue weighted by atomic mass is 10.2. The van der Waals surface area contributed by atoms with Crippen LogP contribution in [0.2, 0.25) is 10.2 Å². The van der Waals surface area contributed by atoms with E-state index in [0.717, 1.165) is 12.8 Å². The first-order valence-corrected chi connectivity index (χ1v) is 6.97. The van der Waals surface area contributed by atoms with E-state index in [4.69, 9.17) is 27.9 Å². The van der Waals surface area contributed by atoms with Crippen molar-refractivity contribution in [2.45, 2.75) is 32.8 Å². The van der Waals surface area contributed by atoms with Crippen LogP contribution in [0, 0.1) is 0 Å². The lowest BCUT2D eigenvalue weighted by Crippen LogP contribution is -2.24. The summed E-state index contributed by atoms with van der Waals surface area (Å²) in [7, 11) is 0. The molecule has 1 rings (SSSR count). The molecule has 106 valence electrons. The third-order valence-electron chi connectivity index (χ3n) is 2.37. The van der Waals surface area contributed by atoms with Crippen LogP contribution in [0.1, 0.15) is 37.0 Å². The van der Waals surface area contributed by atoms with Crippen molar-refractivity contribution in [1.29, 1.82) is 0 Å². The standard InChI is InChI=1S/C13H18Cl2N2O2/c1-9(2)19-6-4-3-5-16-13(18)10-7-11(14)12(15)17-8-10/h7-9H,3-6H2,1-2H3,(H,16,18). The van der Waals surface area contributed by atoms with Gasteiger partial charge in [-0.05, 0) is 32.8 Å². The normalized spacial score (nSPS) is 10.8. The number of hydrogen-bond donors (Lipinski definition) is 1. The predicted molar refractivity (Wildman–Crippen MR) is 76.9 cm³/mol. The van der Waals surface area contributed by atoms with Gasteiger partial charge in [0.2, 0.25) is 0 Å². The fraction of sp³-hybridized carbons (Fsp3) is 0.538. The van der Waals surface area contributed by atoms with Crippen molar-refractivity contribution in [2.24, 2.45) is 0 Å². The largest absolute Gasteiger partial charge is 0.379 e. The Hall–Kier alpha value is -0.840. The summed E-state index contributed by atoms with van der Waals surface area (Å²) in [6.07, 6.45) is 3.44. The molecular weight excluding hydrogens is 287 g/mol. The van der Waals surface area contributed by atoms with Crippen molar-refractivity contribution >= 4 is 29.1 Å². The molecule has 1 amide bonds. The van der Waals surface area contributed by atoms with Crippen molar-refractivity contribution < 1.29 is 9.53 Å². The van der Waals surface area contributed by atoms with Gasteiger partial charge < -0.3 is 10.1 Å². The molecule has 19 heavy (non-hydrogen) atoms. The van der Waals surface area contributed by atoms with E-state index in [1.165, 1.54) is 12.3 Å². The number of nitrogens with one attached hydrogen (secondary N) is 1. The first kappa shape index (κ1) is 16.2. The van der Waals surface area contributed by atoms with Crippen LogP contribution in [0.25, 0.3) is 0 Å². The Morgan fingerprint density at radius 1 is 1.42 bits per heavy atom. The number of nitrogens with zero attached hydrogens (tertiary/aromatic N) is 1. The highest BCUT2D eigenvalue weighted by Gasteiger charge is 2.08. The van der Waals surface area contributed by atoms with Crippen LogP contribution < -0.4 is 5.32 Å². The van der Waals surface area contributed by atoms with Crippen LogP contribution in [0.15, 0.2) is 12.3 Å². The minimum Gasteiger partial charge on any atom is -0.379 e. The van der Waals surface area contributed by atoms with Crippen molar-refractivity contribution in [1.82, 2.24) is 10.3 Å². The number of amides is 1. The lowest BCUT2D eigenvalue weighted by molar-refractivity contribution is 0.0754. The Bertz CT molecular complexity index is 425. The predicted octanol–water partition coefficient (Wildman–Crippen LogP) is 3.32. The van der Waals surface area contributed by atoms with E-state index in [1.807, 2.05) is 13.8 Å². The SMILES string of the molecule is CC(C)OCCCCNC(=O)c1cnc(Cl)c(Cl)c1. The van der Waals surface area contributed by atoms with E-state index in [9.17, 15) is 4.79 Å². The molecule has 0 spiro atoms. The van der Waals surface area contributed by atoms with Crippen molar-refractivity contribution in [3.05, 3.63) is 28.0 Å². The average Bonchev–Trinajstić information content (AvgIpc) is 2.36. The maximum Gasteiger partial charge on any atom is 0.252 e. The highest BCUT2D eigenvalue weighted by atomic mass is 35.5. The number of ether oxygens (including phenoxy) is 1. The number of rotatable bonds is 7. The van der Waals surface area contributed by atoms with E-state index < -0.39 is 0 Å². The van der Waals surface area contributed by atoms with E-state index in [0.29, 0.717) is 18.7 Å². The van der Waals surface area contributed by atoms with Gasteiger partial charge >= 0.3 is 0 Å². The summed E-state index contributed by atoms with van der Waals surface area (Å²) in [5, 5.41) is 3.27. The number of halogens is 2. The minimum absolute atomic E-state index is 0.198. The van der Waals surface area contributed by atoms with Crippen molar-refractivity contribution in [2.75, 3.05) is 13.2 Å². The molecule has 6 heteroatoms. The van der Waals surface area contributed by atoms with Crippen molar-refractivity contribution in [3.8, 4) is 0 Å². The second-order valence-corrected chi connectivity index (χ2v) is 5.14. The zero-order chi connectivity index (χ0) is 14.3. The third-order valence-corrected chi connectivity index (χ3v) is 3.05. The van der Waals surface area contributed by atoms with Crippen LogP contribution in [-0.2, 0) is 4.74 Å².